The van der Waals surface area contributed by atoms with Crippen molar-refractivity contribution >= 4 is 28.3 Å². The van der Waals surface area contributed by atoms with E-state index < -0.39 is 5.82 Å². The minimum Gasteiger partial charge on any atom is -0.353 e. The lowest BCUT2D eigenvalue weighted by atomic mass is 10.2. The summed E-state index contributed by atoms with van der Waals surface area (Å²) < 4.78 is 14.0. The Bertz CT molecular complexity index is 666. The van der Waals surface area contributed by atoms with Gasteiger partial charge in [0.25, 0.3) is 0 Å². The van der Waals surface area contributed by atoms with E-state index in [2.05, 4.69) is 20.2 Å². The Labute approximate surface area is 121 Å². The Morgan fingerprint density at radius 1 is 1.20 bits per heavy atom. The zero-order valence-corrected chi connectivity index (χ0v) is 11.6. The van der Waals surface area contributed by atoms with Crippen LogP contribution in [0.5, 0.6) is 0 Å². The highest BCUT2D eigenvalue weighted by molar-refractivity contribution is 6.31. The molecule has 0 aliphatic carbocycles. The number of nitrogens with one attached hydrogen (secondary N) is 1. The van der Waals surface area contributed by atoms with E-state index in [0.29, 0.717) is 28.0 Å². The average molecular weight is 293 g/mol. The number of nitrogens with zero attached hydrogens (tertiary/aromatic N) is 3. The van der Waals surface area contributed by atoms with Crippen LogP contribution in [-0.2, 0) is 0 Å². The van der Waals surface area contributed by atoms with Crippen molar-refractivity contribution in [3.8, 4) is 0 Å². The van der Waals surface area contributed by atoms with Crippen LogP contribution in [0.15, 0.2) is 18.5 Å². The van der Waals surface area contributed by atoms with Crippen molar-refractivity contribution in [1.29, 1.82) is 0 Å². The summed E-state index contributed by atoms with van der Waals surface area (Å²) in [5.74, 6) is 0.393. The van der Waals surface area contributed by atoms with Crippen LogP contribution in [-0.4, -0.2) is 35.1 Å². The fourth-order valence-electron chi connectivity index (χ4n) is 3.30. The lowest BCUT2D eigenvalue weighted by Crippen LogP contribution is -2.51. The SMILES string of the molecule is Fc1cc(Cl)cc2c(N3C[C@H]4CC[C@@H](C3)N4)ncnc12. The van der Waals surface area contributed by atoms with E-state index in [4.69, 9.17) is 11.6 Å². The van der Waals surface area contributed by atoms with E-state index in [1.54, 1.807) is 6.07 Å². The number of benzene rings is 1. The number of fused-ring (bicyclic) bond motifs is 3. The van der Waals surface area contributed by atoms with Crippen molar-refractivity contribution in [2.24, 2.45) is 0 Å². The third-order valence-electron chi connectivity index (χ3n) is 4.15. The first-order valence-corrected chi connectivity index (χ1v) is 7.19. The van der Waals surface area contributed by atoms with E-state index in [1.165, 1.54) is 25.2 Å². The molecule has 0 radical (unpaired) electrons. The summed E-state index contributed by atoms with van der Waals surface area (Å²) in [5, 5.41) is 4.65. The molecule has 2 fully saturated rings. The Morgan fingerprint density at radius 2 is 1.95 bits per heavy atom. The number of rotatable bonds is 1. The number of hydrogen-bond acceptors (Lipinski definition) is 4. The number of hydrogen-bond donors (Lipinski definition) is 1. The van der Waals surface area contributed by atoms with Gasteiger partial charge in [-0.3, -0.25) is 0 Å². The summed E-state index contributed by atoms with van der Waals surface area (Å²) in [7, 11) is 0. The van der Waals surface area contributed by atoms with Gasteiger partial charge >= 0.3 is 0 Å². The molecule has 2 atom stereocenters. The maximum atomic E-state index is 14.0. The van der Waals surface area contributed by atoms with Crippen LogP contribution >= 0.6 is 11.6 Å². The second kappa shape index (κ2) is 4.53. The Kier molecular flexibility index (Phi) is 2.79. The molecule has 104 valence electrons. The van der Waals surface area contributed by atoms with Crippen LogP contribution in [0.1, 0.15) is 12.8 Å². The fourth-order valence-corrected chi connectivity index (χ4v) is 3.51. The Balaban J connectivity index is 1.83. The van der Waals surface area contributed by atoms with Crippen molar-refractivity contribution < 1.29 is 4.39 Å². The van der Waals surface area contributed by atoms with Gasteiger partial charge < -0.3 is 10.2 Å². The van der Waals surface area contributed by atoms with Gasteiger partial charge in [-0.05, 0) is 25.0 Å². The highest BCUT2D eigenvalue weighted by Gasteiger charge is 2.33. The van der Waals surface area contributed by atoms with Gasteiger partial charge in [0.1, 0.15) is 17.7 Å². The van der Waals surface area contributed by atoms with Crippen LogP contribution in [0.2, 0.25) is 5.02 Å². The van der Waals surface area contributed by atoms with Crippen molar-refractivity contribution in [3.05, 3.63) is 29.3 Å². The number of halogens is 2. The van der Waals surface area contributed by atoms with E-state index in [1.807, 2.05) is 0 Å². The summed E-state index contributed by atoms with van der Waals surface area (Å²) in [5.41, 5.74) is 0.338. The summed E-state index contributed by atoms with van der Waals surface area (Å²) in [6.45, 7) is 1.80. The molecular formula is C14H14ClFN4. The van der Waals surface area contributed by atoms with Crippen molar-refractivity contribution in [3.63, 3.8) is 0 Å². The van der Waals surface area contributed by atoms with Gasteiger partial charge in [-0.25, -0.2) is 14.4 Å². The van der Waals surface area contributed by atoms with Crippen LogP contribution < -0.4 is 10.2 Å². The van der Waals surface area contributed by atoms with Crippen molar-refractivity contribution in [2.75, 3.05) is 18.0 Å². The summed E-state index contributed by atoms with van der Waals surface area (Å²) in [6, 6.07) is 4.05. The van der Waals surface area contributed by atoms with E-state index in [9.17, 15) is 4.39 Å². The topological polar surface area (TPSA) is 41.0 Å². The largest absolute Gasteiger partial charge is 0.353 e. The quantitative estimate of drug-likeness (QED) is 0.876. The number of piperazine rings is 1. The summed E-state index contributed by atoms with van der Waals surface area (Å²) >= 11 is 5.98. The molecule has 2 aromatic rings. The predicted molar refractivity (Wildman–Crippen MR) is 76.7 cm³/mol. The molecule has 2 aliphatic rings. The minimum atomic E-state index is -0.394. The molecule has 0 spiro atoms. The van der Waals surface area contributed by atoms with Crippen molar-refractivity contribution in [2.45, 2.75) is 24.9 Å². The van der Waals surface area contributed by atoms with Gasteiger partial charge in [-0.2, -0.15) is 0 Å². The first-order chi connectivity index (χ1) is 9.70. The number of aromatic nitrogens is 2. The summed E-state index contributed by atoms with van der Waals surface area (Å²) in [4.78, 5) is 10.6. The van der Waals surface area contributed by atoms with Crippen LogP contribution in [0.3, 0.4) is 0 Å². The van der Waals surface area contributed by atoms with Crippen LogP contribution in [0, 0.1) is 5.82 Å². The molecule has 0 saturated carbocycles. The highest BCUT2D eigenvalue weighted by Crippen LogP contribution is 2.31. The Morgan fingerprint density at radius 3 is 2.70 bits per heavy atom. The molecule has 1 aromatic heterocycles. The second-order valence-corrected chi connectivity index (χ2v) is 5.96. The smallest absolute Gasteiger partial charge is 0.151 e. The van der Waals surface area contributed by atoms with Gasteiger partial charge in [0.05, 0.1) is 0 Å². The molecule has 0 unspecified atom stereocenters. The molecule has 3 heterocycles. The van der Waals surface area contributed by atoms with Gasteiger partial charge in [0.2, 0.25) is 0 Å². The third-order valence-corrected chi connectivity index (χ3v) is 4.37. The van der Waals surface area contributed by atoms with E-state index in [0.717, 1.165) is 18.9 Å². The zero-order chi connectivity index (χ0) is 13.7. The lowest BCUT2D eigenvalue weighted by molar-refractivity contribution is 0.464. The van der Waals surface area contributed by atoms with E-state index >= 15 is 0 Å². The standard InChI is InChI=1S/C14H14ClFN4/c15-8-3-11-13(12(16)4-8)17-7-18-14(11)20-5-9-1-2-10(6-20)19-9/h3-4,7,9-10,19H,1-2,5-6H2/t9-,10+. The van der Waals surface area contributed by atoms with Crippen LogP contribution in [0.25, 0.3) is 10.9 Å². The summed E-state index contributed by atoms with van der Waals surface area (Å²) in [6.07, 6.45) is 3.82. The molecule has 2 bridgehead atoms. The average Bonchev–Trinajstić information content (AvgIpc) is 2.77. The highest BCUT2D eigenvalue weighted by atomic mass is 35.5. The molecule has 2 saturated heterocycles. The zero-order valence-electron chi connectivity index (χ0n) is 10.8. The lowest BCUT2D eigenvalue weighted by Gasteiger charge is -2.34. The molecule has 1 aromatic carbocycles. The van der Waals surface area contributed by atoms with Gasteiger partial charge in [0, 0.05) is 35.6 Å². The molecule has 0 amide bonds. The van der Waals surface area contributed by atoms with E-state index in [-0.39, 0.29) is 0 Å². The maximum Gasteiger partial charge on any atom is 0.151 e. The predicted octanol–water partition coefficient (Wildman–Crippen LogP) is 2.36. The van der Waals surface area contributed by atoms with Crippen LogP contribution in [0.4, 0.5) is 10.2 Å². The molecular weight excluding hydrogens is 279 g/mol. The normalized spacial score (nSPS) is 25.4. The molecule has 6 heteroatoms. The Hall–Kier alpha value is -1.46. The number of anilines is 1. The molecule has 4 rings (SSSR count). The van der Waals surface area contributed by atoms with Crippen molar-refractivity contribution in [1.82, 2.24) is 15.3 Å². The minimum absolute atomic E-state index is 0.338. The molecule has 1 N–H and O–H groups in total. The first-order valence-electron chi connectivity index (χ1n) is 6.81. The first kappa shape index (κ1) is 12.3. The van der Waals surface area contributed by atoms with Gasteiger partial charge in [0.15, 0.2) is 5.82 Å². The maximum absolute atomic E-state index is 14.0. The molecule has 20 heavy (non-hydrogen) atoms. The van der Waals surface area contributed by atoms with Gasteiger partial charge in [-0.1, -0.05) is 11.6 Å². The third kappa shape index (κ3) is 1.93. The van der Waals surface area contributed by atoms with Gasteiger partial charge in [-0.15, -0.1) is 0 Å². The molecule has 4 nitrogen and oxygen atoms in total. The monoisotopic (exact) mass is 292 g/mol. The fraction of sp³-hybridized carbons (Fsp3) is 0.429. The second-order valence-electron chi connectivity index (χ2n) is 5.52. The molecule has 2 aliphatic heterocycles.